The van der Waals surface area contributed by atoms with Crippen LogP contribution in [-0.2, 0) is 16.4 Å². The first-order chi connectivity index (χ1) is 9.78. The highest BCUT2D eigenvalue weighted by molar-refractivity contribution is 9.11. The Bertz CT molecular complexity index is 712. The summed E-state index contributed by atoms with van der Waals surface area (Å²) in [5, 5.41) is 0.367. The molecule has 0 fully saturated rings. The molecule has 0 amide bonds. The van der Waals surface area contributed by atoms with Gasteiger partial charge < -0.3 is 0 Å². The van der Waals surface area contributed by atoms with Gasteiger partial charge in [-0.1, -0.05) is 23.7 Å². The molecule has 0 spiro atoms. The van der Waals surface area contributed by atoms with Gasteiger partial charge in [0.1, 0.15) is 10.0 Å². The van der Waals surface area contributed by atoms with Crippen LogP contribution in [0, 0.1) is 5.82 Å². The van der Waals surface area contributed by atoms with E-state index in [-0.39, 0.29) is 16.1 Å². The number of hydrogen-bond donors (Lipinski definition) is 1. The average molecular weight is 413 g/mol. The first-order valence-electron chi connectivity index (χ1n) is 5.99. The Kier molecular flexibility index (Phi) is 5.43. The smallest absolute Gasteiger partial charge is 0.207 e. The minimum absolute atomic E-state index is 0.158. The highest BCUT2D eigenvalue weighted by Gasteiger charge is 2.21. The van der Waals surface area contributed by atoms with Crippen molar-refractivity contribution in [2.75, 3.05) is 0 Å². The number of sulfonamides is 1. The van der Waals surface area contributed by atoms with Crippen LogP contribution in [-0.4, -0.2) is 14.5 Å². The molecule has 0 saturated carbocycles. The third-order valence-electron chi connectivity index (χ3n) is 2.70. The van der Waals surface area contributed by atoms with Gasteiger partial charge in [-0.3, -0.25) is 0 Å². The van der Waals surface area contributed by atoms with Crippen molar-refractivity contribution < 1.29 is 12.8 Å². The van der Waals surface area contributed by atoms with E-state index in [1.54, 1.807) is 19.1 Å². The third-order valence-corrected chi connectivity index (χ3v) is 7.24. The number of benzene rings is 1. The van der Waals surface area contributed by atoms with E-state index in [2.05, 4.69) is 20.7 Å². The zero-order valence-corrected chi connectivity index (χ0v) is 14.9. The van der Waals surface area contributed by atoms with Crippen molar-refractivity contribution in [3.05, 3.63) is 50.5 Å². The first-order valence-corrected chi connectivity index (χ1v) is 9.46. The normalized spacial score (nSPS) is 13.3. The largest absolute Gasteiger partial charge is 0.250 e. The fraction of sp³-hybridized carbons (Fsp3) is 0.231. The molecular weight excluding hydrogens is 401 g/mol. The summed E-state index contributed by atoms with van der Waals surface area (Å²) >= 11 is 10.1. The van der Waals surface area contributed by atoms with Crippen molar-refractivity contribution >= 4 is 48.9 Å². The lowest BCUT2D eigenvalue weighted by Gasteiger charge is -2.13. The van der Waals surface area contributed by atoms with E-state index in [0.717, 1.165) is 16.9 Å². The van der Waals surface area contributed by atoms with Gasteiger partial charge in [-0.05, 0) is 53.0 Å². The van der Waals surface area contributed by atoms with Gasteiger partial charge in [0.05, 0.1) is 8.81 Å². The minimum atomic E-state index is -3.61. The van der Waals surface area contributed by atoms with Crippen LogP contribution >= 0.6 is 38.9 Å². The lowest BCUT2D eigenvalue weighted by molar-refractivity contribution is 0.561. The standard InChI is InChI=1S/C13H12BrClFNO2S2/c1-8(6-9-2-4-10(16)5-3-9)17-21(18,19)12-7-11(15)13(14)20-12/h2-5,7-8,17H,6H2,1H3. The highest BCUT2D eigenvalue weighted by Crippen LogP contribution is 2.34. The fourth-order valence-electron chi connectivity index (χ4n) is 1.80. The van der Waals surface area contributed by atoms with Crippen LogP contribution in [0.4, 0.5) is 4.39 Å². The Morgan fingerprint density at radius 2 is 2.00 bits per heavy atom. The van der Waals surface area contributed by atoms with Gasteiger partial charge in [0.2, 0.25) is 10.0 Å². The Morgan fingerprint density at radius 1 is 1.38 bits per heavy atom. The van der Waals surface area contributed by atoms with E-state index < -0.39 is 10.0 Å². The molecule has 0 bridgehead atoms. The third kappa shape index (κ3) is 4.50. The monoisotopic (exact) mass is 411 g/mol. The van der Waals surface area contributed by atoms with Gasteiger partial charge in [0.25, 0.3) is 0 Å². The lowest BCUT2D eigenvalue weighted by Crippen LogP contribution is -2.33. The van der Waals surface area contributed by atoms with Crippen LogP contribution in [0.2, 0.25) is 5.02 Å². The summed E-state index contributed by atoms with van der Waals surface area (Å²) in [6.45, 7) is 1.76. The number of halogens is 3. The summed E-state index contributed by atoms with van der Waals surface area (Å²) in [5.41, 5.74) is 0.858. The molecule has 21 heavy (non-hydrogen) atoms. The van der Waals surface area contributed by atoms with Crippen molar-refractivity contribution in [3.63, 3.8) is 0 Å². The van der Waals surface area contributed by atoms with Crippen LogP contribution in [0.25, 0.3) is 0 Å². The topological polar surface area (TPSA) is 46.2 Å². The molecule has 0 saturated heterocycles. The SMILES string of the molecule is CC(Cc1ccc(F)cc1)NS(=O)(=O)c1cc(Cl)c(Br)s1. The summed E-state index contributed by atoms with van der Waals surface area (Å²) < 4.78 is 40.6. The van der Waals surface area contributed by atoms with E-state index in [0.29, 0.717) is 15.2 Å². The zero-order chi connectivity index (χ0) is 15.6. The number of nitrogens with one attached hydrogen (secondary N) is 1. The summed E-state index contributed by atoms with van der Waals surface area (Å²) in [7, 11) is -3.61. The highest BCUT2D eigenvalue weighted by atomic mass is 79.9. The predicted molar refractivity (Wildman–Crippen MR) is 86.9 cm³/mol. The minimum Gasteiger partial charge on any atom is -0.207 e. The van der Waals surface area contributed by atoms with Crippen LogP contribution in [0.5, 0.6) is 0 Å². The van der Waals surface area contributed by atoms with Crippen molar-refractivity contribution in [3.8, 4) is 0 Å². The summed E-state index contributed by atoms with van der Waals surface area (Å²) in [6, 6.07) is 7.07. The van der Waals surface area contributed by atoms with Crippen LogP contribution in [0.1, 0.15) is 12.5 Å². The molecule has 1 N–H and O–H groups in total. The predicted octanol–water partition coefficient (Wildman–Crippen LogP) is 4.21. The molecule has 1 unspecified atom stereocenters. The van der Waals surface area contributed by atoms with E-state index in [1.165, 1.54) is 18.2 Å². The lowest BCUT2D eigenvalue weighted by atomic mass is 10.1. The molecule has 0 aliphatic carbocycles. The maximum absolute atomic E-state index is 12.8. The molecule has 114 valence electrons. The van der Waals surface area contributed by atoms with Crippen molar-refractivity contribution in [1.82, 2.24) is 4.72 Å². The van der Waals surface area contributed by atoms with Gasteiger partial charge >= 0.3 is 0 Å². The van der Waals surface area contributed by atoms with Crippen LogP contribution in [0.3, 0.4) is 0 Å². The van der Waals surface area contributed by atoms with Crippen molar-refractivity contribution in [2.45, 2.75) is 23.6 Å². The van der Waals surface area contributed by atoms with Gasteiger partial charge in [0, 0.05) is 6.04 Å². The van der Waals surface area contributed by atoms with Gasteiger partial charge in [0.15, 0.2) is 0 Å². The number of hydrogen-bond acceptors (Lipinski definition) is 3. The molecule has 1 aromatic heterocycles. The summed E-state index contributed by atoms with van der Waals surface area (Å²) in [4.78, 5) is 0. The molecule has 1 heterocycles. The molecule has 3 nitrogen and oxygen atoms in total. The summed E-state index contributed by atoms with van der Waals surface area (Å²) in [6.07, 6.45) is 0.472. The maximum Gasteiger partial charge on any atom is 0.250 e. The number of thiophene rings is 1. The molecule has 1 aromatic carbocycles. The Morgan fingerprint density at radius 3 is 2.52 bits per heavy atom. The molecule has 0 aliphatic rings. The molecule has 2 rings (SSSR count). The van der Waals surface area contributed by atoms with E-state index in [4.69, 9.17) is 11.6 Å². The molecule has 0 radical (unpaired) electrons. The Balaban J connectivity index is 2.07. The molecule has 8 heteroatoms. The van der Waals surface area contributed by atoms with Crippen molar-refractivity contribution in [1.29, 1.82) is 0 Å². The first kappa shape index (κ1) is 16.9. The van der Waals surface area contributed by atoms with E-state index >= 15 is 0 Å². The second-order valence-electron chi connectivity index (χ2n) is 4.54. The van der Waals surface area contributed by atoms with Crippen LogP contribution < -0.4 is 4.72 Å². The Labute approximate surface area is 140 Å². The zero-order valence-electron chi connectivity index (χ0n) is 10.9. The van der Waals surface area contributed by atoms with Gasteiger partial charge in [-0.15, -0.1) is 11.3 Å². The quantitative estimate of drug-likeness (QED) is 0.799. The maximum atomic E-state index is 12.8. The van der Waals surface area contributed by atoms with E-state index in [9.17, 15) is 12.8 Å². The molecular formula is C13H12BrClFNO2S2. The van der Waals surface area contributed by atoms with Crippen LogP contribution in [0.15, 0.2) is 38.3 Å². The number of rotatable bonds is 5. The van der Waals surface area contributed by atoms with Gasteiger partial charge in [-0.25, -0.2) is 17.5 Å². The Hall–Kier alpha value is -0.470. The second-order valence-corrected chi connectivity index (χ2v) is 9.26. The fourth-order valence-corrected chi connectivity index (χ4v) is 5.46. The molecule has 0 aliphatic heterocycles. The average Bonchev–Trinajstić information content (AvgIpc) is 2.73. The van der Waals surface area contributed by atoms with Gasteiger partial charge in [-0.2, -0.15) is 0 Å². The summed E-state index contributed by atoms with van der Waals surface area (Å²) in [5.74, 6) is -0.315. The molecule has 1 atom stereocenters. The second kappa shape index (κ2) is 6.75. The molecule has 2 aromatic rings. The van der Waals surface area contributed by atoms with E-state index in [1.807, 2.05) is 0 Å². The van der Waals surface area contributed by atoms with Crippen molar-refractivity contribution in [2.24, 2.45) is 0 Å².